The molecule has 1 aliphatic heterocycles. The van der Waals surface area contributed by atoms with Gasteiger partial charge in [-0.2, -0.15) is 17.0 Å². The van der Waals surface area contributed by atoms with Gasteiger partial charge in [0.2, 0.25) is 0 Å². The molecule has 2 heterocycles. The van der Waals surface area contributed by atoms with Crippen molar-refractivity contribution < 1.29 is 13.2 Å². The Kier molecular flexibility index (Phi) is 6.25. The Morgan fingerprint density at radius 2 is 1.81 bits per heavy atom. The van der Waals surface area contributed by atoms with Crippen LogP contribution in [0.5, 0.6) is 0 Å². The number of aromatic nitrogens is 1. The molecule has 0 bridgehead atoms. The number of anilines is 1. The van der Waals surface area contributed by atoms with Gasteiger partial charge in [0.05, 0.1) is 5.56 Å². The van der Waals surface area contributed by atoms with Crippen molar-refractivity contribution in [3.63, 3.8) is 0 Å². The third-order valence-corrected chi connectivity index (χ3v) is 6.22. The van der Waals surface area contributed by atoms with Crippen LogP contribution in [0.2, 0.25) is 0 Å². The van der Waals surface area contributed by atoms with E-state index >= 15 is 0 Å². The first-order valence-electron chi connectivity index (χ1n) is 8.72. The minimum absolute atomic E-state index is 0.0250. The van der Waals surface area contributed by atoms with E-state index in [2.05, 4.69) is 5.32 Å². The fraction of sp³-hybridized carbons (Fsp3) is 0.647. The normalized spacial score (nSPS) is 15.7. The number of hydrogen-bond donors (Lipinski definition) is 1. The lowest BCUT2D eigenvalue weighted by Crippen LogP contribution is -2.41. The smallest absolute Gasteiger partial charge is 0.281 e. The Morgan fingerprint density at radius 1 is 1.19 bits per heavy atom. The fourth-order valence-electron chi connectivity index (χ4n) is 2.91. The monoisotopic (exact) mass is 383 g/mol. The third-order valence-electron chi connectivity index (χ3n) is 4.28. The number of rotatable bonds is 5. The zero-order valence-electron chi connectivity index (χ0n) is 16.4. The molecule has 146 valence electrons. The van der Waals surface area contributed by atoms with Crippen molar-refractivity contribution in [1.82, 2.24) is 18.9 Å². The van der Waals surface area contributed by atoms with Crippen molar-refractivity contribution >= 4 is 21.9 Å². The molecule has 0 aliphatic carbocycles. The molecule has 1 aliphatic rings. The number of nitrogens with zero attached hydrogens (tertiary/aromatic N) is 4. The van der Waals surface area contributed by atoms with Gasteiger partial charge in [0.15, 0.2) is 0 Å². The Labute approximate surface area is 156 Å². The summed E-state index contributed by atoms with van der Waals surface area (Å²) in [5.74, 6) is 0.437. The molecule has 0 aromatic carbocycles. The van der Waals surface area contributed by atoms with E-state index in [1.54, 1.807) is 0 Å². The summed E-state index contributed by atoms with van der Waals surface area (Å²) in [5.41, 5.74) is 2.30. The van der Waals surface area contributed by atoms with Crippen LogP contribution in [-0.2, 0) is 23.1 Å². The lowest BCUT2D eigenvalue weighted by atomic mass is 10.0. The summed E-state index contributed by atoms with van der Waals surface area (Å²) in [6, 6.07) is 1.89. The molecule has 1 N–H and O–H groups in total. The van der Waals surface area contributed by atoms with Crippen LogP contribution in [0.1, 0.15) is 35.5 Å². The van der Waals surface area contributed by atoms with Crippen LogP contribution in [0.15, 0.2) is 6.07 Å². The Hall–Kier alpha value is -1.71. The highest BCUT2D eigenvalue weighted by molar-refractivity contribution is 7.86. The highest BCUT2D eigenvalue weighted by Gasteiger charge is 2.28. The molecule has 0 spiro atoms. The van der Waals surface area contributed by atoms with Crippen LogP contribution in [0.25, 0.3) is 0 Å². The minimum atomic E-state index is -3.46. The van der Waals surface area contributed by atoms with Gasteiger partial charge in [0.25, 0.3) is 16.1 Å². The van der Waals surface area contributed by atoms with Crippen LogP contribution in [0.3, 0.4) is 0 Å². The summed E-state index contributed by atoms with van der Waals surface area (Å²) in [6.45, 7) is 4.58. The van der Waals surface area contributed by atoms with Gasteiger partial charge in [-0.3, -0.25) is 4.79 Å². The van der Waals surface area contributed by atoms with Crippen molar-refractivity contribution in [2.75, 3.05) is 46.2 Å². The molecule has 0 atom stereocenters. The average Bonchev–Trinajstić information content (AvgIpc) is 2.74. The van der Waals surface area contributed by atoms with Crippen LogP contribution in [0.4, 0.5) is 5.82 Å². The first-order valence-corrected chi connectivity index (χ1v) is 10.1. The van der Waals surface area contributed by atoms with E-state index < -0.39 is 10.2 Å². The standard InChI is InChI=1S/C17H29N5O3S/c1-12(2)18-17(23)14-11-13-7-9-22(26(24,25)21(5)6)10-8-15(13)19-16(14)20(3)4/h11-12H,7-10H2,1-6H3,(H,18,23). The van der Waals surface area contributed by atoms with Crippen molar-refractivity contribution in [3.05, 3.63) is 22.9 Å². The first-order chi connectivity index (χ1) is 12.0. The predicted molar refractivity (Wildman–Crippen MR) is 103 cm³/mol. The van der Waals surface area contributed by atoms with Gasteiger partial charge < -0.3 is 10.2 Å². The highest BCUT2D eigenvalue weighted by atomic mass is 32.2. The van der Waals surface area contributed by atoms with E-state index in [1.807, 2.05) is 38.9 Å². The van der Waals surface area contributed by atoms with Crippen molar-refractivity contribution in [3.8, 4) is 0 Å². The van der Waals surface area contributed by atoms with Crippen LogP contribution < -0.4 is 10.2 Å². The molecule has 0 unspecified atom stereocenters. The van der Waals surface area contributed by atoms with Gasteiger partial charge in [-0.1, -0.05) is 0 Å². The molecule has 0 saturated carbocycles. The van der Waals surface area contributed by atoms with Crippen molar-refractivity contribution in [2.45, 2.75) is 32.7 Å². The molecule has 9 heteroatoms. The van der Waals surface area contributed by atoms with E-state index in [0.29, 0.717) is 37.3 Å². The summed E-state index contributed by atoms with van der Waals surface area (Å²) < 4.78 is 27.5. The summed E-state index contributed by atoms with van der Waals surface area (Å²) in [7, 11) is 3.30. The van der Waals surface area contributed by atoms with Crippen molar-refractivity contribution in [1.29, 1.82) is 0 Å². The topological polar surface area (TPSA) is 85.9 Å². The molecule has 8 nitrogen and oxygen atoms in total. The molecule has 26 heavy (non-hydrogen) atoms. The Bertz CT molecular complexity index is 775. The number of amides is 1. The maximum atomic E-state index is 12.6. The molecule has 1 amide bonds. The first kappa shape index (κ1) is 20.6. The van der Waals surface area contributed by atoms with E-state index in [4.69, 9.17) is 4.98 Å². The lowest BCUT2D eigenvalue weighted by molar-refractivity contribution is 0.0943. The Balaban J connectivity index is 2.39. The number of carbonyl (C=O) groups excluding carboxylic acids is 1. The van der Waals surface area contributed by atoms with E-state index in [1.165, 1.54) is 22.7 Å². The molecule has 1 aromatic rings. The largest absolute Gasteiger partial charge is 0.362 e. The molecular formula is C17H29N5O3S. The summed E-state index contributed by atoms with van der Waals surface area (Å²) >= 11 is 0. The maximum absolute atomic E-state index is 12.6. The number of fused-ring (bicyclic) bond motifs is 1. The maximum Gasteiger partial charge on any atom is 0.281 e. The molecule has 0 radical (unpaired) electrons. The molecule has 2 rings (SSSR count). The second-order valence-electron chi connectivity index (χ2n) is 7.18. The summed E-state index contributed by atoms with van der Waals surface area (Å²) in [5, 5.41) is 2.91. The zero-order chi connectivity index (χ0) is 19.6. The van der Waals surface area contributed by atoms with Gasteiger partial charge in [-0.15, -0.1) is 0 Å². The highest BCUT2D eigenvalue weighted by Crippen LogP contribution is 2.24. The average molecular weight is 384 g/mol. The fourth-order valence-corrected chi connectivity index (χ4v) is 4.02. The van der Waals surface area contributed by atoms with Gasteiger partial charge in [0.1, 0.15) is 5.82 Å². The van der Waals surface area contributed by atoms with Gasteiger partial charge in [0, 0.05) is 59.4 Å². The molecule has 0 fully saturated rings. The summed E-state index contributed by atoms with van der Waals surface area (Å²) in [6.07, 6.45) is 1.06. The SMILES string of the molecule is CC(C)NC(=O)c1cc2c(nc1N(C)C)CCN(S(=O)(=O)N(C)C)CC2. The van der Waals surface area contributed by atoms with Crippen LogP contribution >= 0.6 is 0 Å². The second kappa shape index (κ2) is 7.89. The Morgan fingerprint density at radius 3 is 2.35 bits per heavy atom. The van der Waals surface area contributed by atoms with E-state index in [9.17, 15) is 13.2 Å². The molecular weight excluding hydrogens is 354 g/mol. The quantitative estimate of drug-likeness (QED) is 0.800. The number of hydrogen-bond acceptors (Lipinski definition) is 5. The predicted octanol–water partition coefficient (Wildman–Crippen LogP) is 0.493. The van der Waals surface area contributed by atoms with Gasteiger partial charge in [-0.05, 0) is 31.9 Å². The number of nitrogens with one attached hydrogen (secondary N) is 1. The minimum Gasteiger partial charge on any atom is -0.362 e. The lowest BCUT2D eigenvalue weighted by Gasteiger charge is -2.23. The molecule has 0 saturated heterocycles. The van der Waals surface area contributed by atoms with E-state index in [0.717, 1.165) is 11.3 Å². The van der Waals surface area contributed by atoms with Crippen molar-refractivity contribution in [2.24, 2.45) is 0 Å². The summed E-state index contributed by atoms with van der Waals surface area (Å²) in [4.78, 5) is 19.1. The third kappa shape index (κ3) is 4.33. The zero-order valence-corrected chi connectivity index (χ0v) is 17.2. The van der Waals surface area contributed by atoms with Gasteiger partial charge in [-0.25, -0.2) is 4.98 Å². The number of carbonyl (C=O) groups is 1. The number of pyridine rings is 1. The van der Waals surface area contributed by atoms with Crippen LogP contribution in [0, 0.1) is 0 Å². The van der Waals surface area contributed by atoms with Crippen LogP contribution in [-0.4, -0.2) is 75.2 Å². The van der Waals surface area contributed by atoms with E-state index in [-0.39, 0.29) is 11.9 Å². The second-order valence-corrected chi connectivity index (χ2v) is 9.32. The van der Waals surface area contributed by atoms with Gasteiger partial charge >= 0.3 is 0 Å². The molecule has 1 aromatic heterocycles.